The lowest BCUT2D eigenvalue weighted by Crippen LogP contribution is -2.38. The molecule has 0 radical (unpaired) electrons. The molecular formula is C19H15N3O5S. The summed E-state index contributed by atoms with van der Waals surface area (Å²) in [5, 5.41) is 11.6. The monoisotopic (exact) mass is 397 g/mol. The first kappa shape index (κ1) is 18.2. The molecule has 0 bridgehead atoms. The van der Waals surface area contributed by atoms with Crippen LogP contribution < -0.4 is 0 Å². The topological polar surface area (TPSA) is 106 Å². The van der Waals surface area contributed by atoms with Crippen molar-refractivity contribution < 1.29 is 18.9 Å². The van der Waals surface area contributed by atoms with Crippen molar-refractivity contribution in [1.29, 1.82) is 0 Å². The second-order valence-electron chi connectivity index (χ2n) is 6.41. The van der Waals surface area contributed by atoms with Crippen LogP contribution in [0.4, 0.5) is 5.69 Å². The molecule has 8 nitrogen and oxygen atoms in total. The summed E-state index contributed by atoms with van der Waals surface area (Å²) in [5.41, 5.74) is 1.45. The van der Waals surface area contributed by atoms with E-state index in [0.717, 1.165) is 0 Å². The molecule has 1 aromatic carbocycles. The predicted octanol–water partition coefficient (Wildman–Crippen LogP) is 3.70. The van der Waals surface area contributed by atoms with Gasteiger partial charge in [0.15, 0.2) is 11.0 Å². The number of hydrogen-bond donors (Lipinski definition) is 0. The molecule has 9 heteroatoms. The highest BCUT2D eigenvalue weighted by molar-refractivity contribution is 8.15. The molecule has 1 saturated heterocycles. The number of ketones is 1. The molecule has 1 amide bonds. The van der Waals surface area contributed by atoms with Gasteiger partial charge in [0, 0.05) is 29.0 Å². The number of amides is 1. The number of allylic oxidation sites excluding steroid dienone is 1. The number of Topliss-reactive ketones (excluding diaryl/α,β-unsaturated/α-hetero) is 1. The highest BCUT2D eigenvalue weighted by atomic mass is 32.2. The van der Waals surface area contributed by atoms with Gasteiger partial charge in [-0.3, -0.25) is 24.6 Å². The molecule has 0 unspecified atom stereocenters. The average molecular weight is 397 g/mol. The molecule has 2 aliphatic heterocycles. The minimum absolute atomic E-state index is 0.0474. The van der Waals surface area contributed by atoms with Crippen LogP contribution in [0.1, 0.15) is 25.6 Å². The van der Waals surface area contributed by atoms with Gasteiger partial charge >= 0.3 is 0 Å². The first-order chi connectivity index (χ1) is 13.4. The summed E-state index contributed by atoms with van der Waals surface area (Å²) < 4.78 is 5.96. The lowest BCUT2D eigenvalue weighted by Gasteiger charge is -2.31. The van der Waals surface area contributed by atoms with Gasteiger partial charge < -0.3 is 4.42 Å². The normalized spacial score (nSPS) is 18.9. The Kier molecular flexibility index (Phi) is 4.38. The Morgan fingerprint density at radius 2 is 2.14 bits per heavy atom. The molecule has 1 atom stereocenters. The highest BCUT2D eigenvalue weighted by Gasteiger charge is 2.43. The number of thioether (sulfide) groups is 1. The van der Waals surface area contributed by atoms with Crippen LogP contribution in [0, 0.1) is 10.1 Å². The summed E-state index contributed by atoms with van der Waals surface area (Å²) in [6.45, 7) is 3.17. The molecule has 3 heterocycles. The molecule has 0 spiro atoms. The Bertz CT molecular complexity index is 1080. The molecule has 28 heavy (non-hydrogen) atoms. The lowest BCUT2D eigenvalue weighted by atomic mass is 9.96. The van der Waals surface area contributed by atoms with Gasteiger partial charge in [0.05, 0.1) is 10.7 Å². The van der Waals surface area contributed by atoms with Crippen molar-refractivity contribution in [2.75, 3.05) is 5.75 Å². The number of hydrogen-bond acceptors (Lipinski definition) is 7. The second kappa shape index (κ2) is 6.75. The summed E-state index contributed by atoms with van der Waals surface area (Å²) >= 11 is 1.32. The van der Waals surface area contributed by atoms with Gasteiger partial charge in [0.1, 0.15) is 17.6 Å². The molecule has 1 aromatic heterocycles. The third-order valence-electron chi connectivity index (χ3n) is 4.60. The summed E-state index contributed by atoms with van der Waals surface area (Å²) in [5.74, 6) is 0.750. The van der Waals surface area contributed by atoms with Crippen LogP contribution >= 0.6 is 11.8 Å². The van der Waals surface area contributed by atoms with E-state index >= 15 is 0 Å². The number of aliphatic imine (C=N–C) groups is 1. The van der Waals surface area contributed by atoms with Gasteiger partial charge in [-0.15, -0.1) is 0 Å². The van der Waals surface area contributed by atoms with E-state index in [0.29, 0.717) is 33.5 Å². The summed E-state index contributed by atoms with van der Waals surface area (Å²) in [7, 11) is 0. The number of nitro benzene ring substituents is 1. The van der Waals surface area contributed by atoms with Crippen molar-refractivity contribution in [2.45, 2.75) is 19.9 Å². The van der Waals surface area contributed by atoms with Gasteiger partial charge in [-0.2, -0.15) is 0 Å². The Hall–Kier alpha value is -3.20. The number of carbonyl (C=O) groups excluding carboxylic acids is 2. The van der Waals surface area contributed by atoms with E-state index in [-0.39, 0.29) is 23.1 Å². The zero-order valence-electron chi connectivity index (χ0n) is 15.0. The summed E-state index contributed by atoms with van der Waals surface area (Å²) in [4.78, 5) is 41.2. The van der Waals surface area contributed by atoms with Crippen LogP contribution in [0.2, 0.25) is 0 Å². The van der Waals surface area contributed by atoms with E-state index in [1.54, 1.807) is 31.2 Å². The number of nitro groups is 1. The molecule has 0 saturated carbocycles. The van der Waals surface area contributed by atoms with Gasteiger partial charge in [-0.25, -0.2) is 4.99 Å². The largest absolute Gasteiger partial charge is 0.458 e. The van der Waals surface area contributed by atoms with Gasteiger partial charge in [0.25, 0.3) is 5.69 Å². The summed E-state index contributed by atoms with van der Waals surface area (Å²) in [6, 6.07) is 8.77. The first-order valence-electron chi connectivity index (χ1n) is 8.46. The van der Waals surface area contributed by atoms with Gasteiger partial charge in [-0.05, 0) is 26.0 Å². The molecule has 142 valence electrons. The zero-order chi connectivity index (χ0) is 20.0. The maximum absolute atomic E-state index is 12.4. The van der Waals surface area contributed by atoms with Crippen molar-refractivity contribution >= 4 is 34.3 Å². The van der Waals surface area contributed by atoms with E-state index in [1.807, 2.05) is 0 Å². The first-order valence-corrected chi connectivity index (χ1v) is 9.45. The molecule has 2 aromatic rings. The minimum Gasteiger partial charge on any atom is -0.458 e. The lowest BCUT2D eigenvalue weighted by molar-refractivity contribution is -0.384. The van der Waals surface area contributed by atoms with E-state index in [2.05, 4.69) is 4.99 Å². The van der Waals surface area contributed by atoms with E-state index in [4.69, 9.17) is 4.42 Å². The van der Waals surface area contributed by atoms with Gasteiger partial charge in [-0.1, -0.05) is 23.9 Å². The van der Waals surface area contributed by atoms with Crippen molar-refractivity contribution in [3.05, 3.63) is 63.5 Å². The molecule has 0 N–H and O–H groups in total. The fraction of sp³-hybridized carbons (Fsp3) is 0.211. The number of benzene rings is 1. The Morgan fingerprint density at radius 3 is 2.86 bits per heavy atom. The highest BCUT2D eigenvalue weighted by Crippen LogP contribution is 2.42. The van der Waals surface area contributed by atoms with Crippen molar-refractivity contribution in [1.82, 2.24) is 4.90 Å². The van der Waals surface area contributed by atoms with Crippen molar-refractivity contribution in [2.24, 2.45) is 4.99 Å². The third kappa shape index (κ3) is 2.93. The smallest absolute Gasteiger partial charge is 0.270 e. The van der Waals surface area contributed by atoms with E-state index in [9.17, 15) is 19.7 Å². The number of non-ortho nitro benzene ring substituents is 1. The van der Waals surface area contributed by atoms with Crippen LogP contribution in [-0.2, 0) is 9.59 Å². The Labute approximate surface area is 164 Å². The van der Waals surface area contributed by atoms with Crippen LogP contribution in [0.15, 0.2) is 57.1 Å². The Morgan fingerprint density at radius 1 is 1.36 bits per heavy atom. The van der Waals surface area contributed by atoms with Crippen molar-refractivity contribution in [3.63, 3.8) is 0 Å². The maximum Gasteiger partial charge on any atom is 0.270 e. The van der Waals surface area contributed by atoms with Crippen LogP contribution in [0.5, 0.6) is 0 Å². The van der Waals surface area contributed by atoms with Crippen LogP contribution in [0.25, 0.3) is 11.3 Å². The third-order valence-corrected chi connectivity index (χ3v) is 5.54. The average Bonchev–Trinajstić information content (AvgIpc) is 3.28. The SMILES string of the molecule is CC(=O)C1=C(C)N=C2SCC(=O)N2[C@H]1c1ccc(-c2cccc([N+](=O)[O-])c2)o1. The molecule has 0 aliphatic carbocycles. The fourth-order valence-electron chi connectivity index (χ4n) is 3.39. The minimum atomic E-state index is -0.694. The number of furan rings is 1. The number of amidine groups is 1. The number of rotatable bonds is 4. The molecular weight excluding hydrogens is 382 g/mol. The zero-order valence-corrected chi connectivity index (χ0v) is 15.9. The van der Waals surface area contributed by atoms with Crippen LogP contribution in [0.3, 0.4) is 0 Å². The van der Waals surface area contributed by atoms with Gasteiger partial charge in [0.2, 0.25) is 5.91 Å². The molecule has 2 aliphatic rings. The molecule has 4 rings (SSSR count). The van der Waals surface area contributed by atoms with Crippen LogP contribution in [-0.4, -0.2) is 32.4 Å². The number of fused-ring (bicyclic) bond motifs is 1. The Balaban J connectivity index is 1.79. The predicted molar refractivity (Wildman–Crippen MR) is 104 cm³/mol. The van der Waals surface area contributed by atoms with E-state index < -0.39 is 11.0 Å². The van der Waals surface area contributed by atoms with Crippen molar-refractivity contribution in [3.8, 4) is 11.3 Å². The summed E-state index contributed by atoms with van der Waals surface area (Å²) in [6.07, 6.45) is 0. The van der Waals surface area contributed by atoms with E-state index in [1.165, 1.54) is 35.7 Å². The quantitative estimate of drug-likeness (QED) is 0.575. The maximum atomic E-state index is 12.4. The second-order valence-corrected chi connectivity index (χ2v) is 7.36. The number of nitrogens with zero attached hydrogens (tertiary/aromatic N) is 3. The standard InChI is InChI=1S/C19H15N3O5S/c1-10-17(11(2)23)18(21-16(24)9-28-19(21)20-10)15-7-6-14(27-15)12-4-3-5-13(8-12)22(25)26/h3-8,18H,9H2,1-2H3/t18-/m0/s1. The fourth-order valence-corrected chi connectivity index (χ4v) is 4.33. The molecule has 1 fully saturated rings. The number of carbonyl (C=O) groups is 2.